The number of rotatable bonds is 6. The summed E-state index contributed by atoms with van der Waals surface area (Å²) in [6, 6.07) is 15.1. The highest BCUT2D eigenvalue weighted by atomic mass is 16.5. The molecule has 3 rings (SSSR count). The fourth-order valence-electron chi connectivity index (χ4n) is 2.34. The first-order chi connectivity index (χ1) is 14.9. The highest BCUT2D eigenvalue weighted by Gasteiger charge is 2.15. The number of nitrogens with two attached hydrogens (primary N) is 1. The summed E-state index contributed by atoms with van der Waals surface area (Å²) in [5, 5.41) is 6.06. The van der Waals surface area contributed by atoms with Gasteiger partial charge in [0.1, 0.15) is 5.75 Å². The number of anilines is 1. The lowest BCUT2D eigenvalue weighted by atomic mass is 10.2. The maximum absolute atomic E-state index is 12.0. The van der Waals surface area contributed by atoms with E-state index in [9.17, 15) is 19.2 Å². The molecule has 0 bridgehead atoms. The third-order valence-electron chi connectivity index (χ3n) is 3.85. The number of furan rings is 1. The third-order valence-corrected chi connectivity index (χ3v) is 3.85. The molecule has 0 spiro atoms. The summed E-state index contributed by atoms with van der Waals surface area (Å²) in [5.41, 5.74) is 8.15. The van der Waals surface area contributed by atoms with Gasteiger partial charge in [0.15, 0.2) is 0 Å². The maximum Gasteiger partial charge on any atom is 0.379 e. The Hall–Kier alpha value is -4.73. The number of hydrazone groups is 1. The van der Waals surface area contributed by atoms with Gasteiger partial charge in [0.25, 0.3) is 0 Å². The number of nitrogens with zero attached hydrogens (tertiary/aromatic N) is 1. The van der Waals surface area contributed by atoms with Crippen molar-refractivity contribution in [2.45, 2.75) is 0 Å². The molecule has 0 aliphatic heterocycles. The predicted octanol–water partition coefficient (Wildman–Crippen LogP) is 1.69. The van der Waals surface area contributed by atoms with Crippen LogP contribution in [0.1, 0.15) is 26.5 Å². The predicted molar refractivity (Wildman–Crippen MR) is 109 cm³/mol. The molecule has 3 amide bonds. The van der Waals surface area contributed by atoms with Crippen LogP contribution in [0.2, 0.25) is 0 Å². The number of hydrogen-bond acceptors (Lipinski definition) is 7. The van der Waals surface area contributed by atoms with Crippen molar-refractivity contribution in [2.75, 3.05) is 5.32 Å². The van der Waals surface area contributed by atoms with Crippen LogP contribution in [0, 0.1) is 0 Å². The summed E-state index contributed by atoms with van der Waals surface area (Å²) in [6.07, 6.45) is 2.56. The van der Waals surface area contributed by atoms with Gasteiger partial charge < -0.3 is 20.2 Å². The third kappa shape index (κ3) is 5.64. The Morgan fingerprint density at radius 3 is 2.35 bits per heavy atom. The van der Waals surface area contributed by atoms with Crippen LogP contribution in [0.15, 0.2) is 76.4 Å². The number of nitrogens with one attached hydrogen (secondary N) is 2. The van der Waals surface area contributed by atoms with Gasteiger partial charge in [-0.05, 0) is 48.5 Å². The van der Waals surface area contributed by atoms with Crippen LogP contribution in [0.4, 0.5) is 5.69 Å². The van der Waals surface area contributed by atoms with E-state index >= 15 is 0 Å². The first-order valence-corrected chi connectivity index (χ1v) is 8.83. The number of carbonyl (C=O) groups is 4. The molecule has 0 atom stereocenters. The van der Waals surface area contributed by atoms with Crippen molar-refractivity contribution in [3.8, 4) is 5.75 Å². The quantitative estimate of drug-likeness (QED) is 0.181. The van der Waals surface area contributed by atoms with Crippen LogP contribution in [0.3, 0.4) is 0 Å². The van der Waals surface area contributed by atoms with Crippen molar-refractivity contribution in [3.63, 3.8) is 0 Å². The molecule has 0 aliphatic carbocycles. The minimum Gasteiger partial charge on any atom is -0.457 e. The lowest BCUT2D eigenvalue weighted by Gasteiger charge is -2.06. The van der Waals surface area contributed by atoms with Gasteiger partial charge in [-0.3, -0.25) is 14.4 Å². The van der Waals surface area contributed by atoms with Crippen molar-refractivity contribution in [1.82, 2.24) is 5.43 Å². The average molecular weight is 420 g/mol. The smallest absolute Gasteiger partial charge is 0.379 e. The Bertz CT molecular complexity index is 1140. The van der Waals surface area contributed by atoms with Gasteiger partial charge in [-0.1, -0.05) is 12.1 Å². The van der Waals surface area contributed by atoms with E-state index in [1.807, 2.05) is 0 Å². The molecule has 0 unspecified atom stereocenters. The summed E-state index contributed by atoms with van der Waals surface area (Å²) in [7, 11) is 0. The van der Waals surface area contributed by atoms with Gasteiger partial charge in [0, 0.05) is 16.8 Å². The van der Waals surface area contributed by atoms with Gasteiger partial charge >= 0.3 is 17.8 Å². The van der Waals surface area contributed by atoms with E-state index in [0.717, 1.165) is 0 Å². The summed E-state index contributed by atoms with van der Waals surface area (Å²) < 4.78 is 10.2. The summed E-state index contributed by atoms with van der Waals surface area (Å²) >= 11 is 0. The molecule has 0 saturated heterocycles. The number of para-hydroxylation sites is 1. The zero-order valence-electron chi connectivity index (χ0n) is 15.9. The van der Waals surface area contributed by atoms with E-state index in [1.165, 1.54) is 48.9 Å². The molecule has 3 aromatic rings. The Kier molecular flexibility index (Phi) is 6.54. The largest absolute Gasteiger partial charge is 0.457 e. The highest BCUT2D eigenvalue weighted by Crippen LogP contribution is 2.18. The van der Waals surface area contributed by atoms with Gasteiger partial charge in [-0.25, -0.2) is 10.2 Å². The molecule has 10 nitrogen and oxygen atoms in total. The summed E-state index contributed by atoms with van der Waals surface area (Å²) in [5.74, 6) is -3.10. The molecule has 1 aromatic heterocycles. The van der Waals surface area contributed by atoms with Gasteiger partial charge in [-0.2, -0.15) is 5.10 Å². The van der Waals surface area contributed by atoms with E-state index < -0.39 is 23.7 Å². The Labute approximate surface area is 175 Å². The Morgan fingerprint density at radius 2 is 1.68 bits per heavy atom. The molecule has 0 radical (unpaired) electrons. The molecular weight excluding hydrogens is 404 g/mol. The second-order valence-corrected chi connectivity index (χ2v) is 6.00. The van der Waals surface area contributed by atoms with Gasteiger partial charge in [0.05, 0.1) is 12.5 Å². The van der Waals surface area contributed by atoms with Crippen molar-refractivity contribution >= 4 is 35.6 Å². The molecule has 0 saturated carbocycles. The van der Waals surface area contributed by atoms with Crippen molar-refractivity contribution < 1.29 is 28.3 Å². The van der Waals surface area contributed by atoms with E-state index in [2.05, 4.69) is 15.8 Å². The topological polar surface area (TPSA) is 153 Å². The molecule has 10 heteroatoms. The zero-order valence-corrected chi connectivity index (χ0v) is 15.9. The fraction of sp³-hybridized carbons (Fsp3) is 0. The lowest BCUT2D eigenvalue weighted by Crippen LogP contribution is -2.32. The number of ether oxygens (including phenoxy) is 1. The number of amides is 3. The molecule has 0 aliphatic rings. The van der Waals surface area contributed by atoms with Crippen LogP contribution < -0.4 is 21.2 Å². The molecular formula is C21H16N4O6. The zero-order chi connectivity index (χ0) is 22.2. The van der Waals surface area contributed by atoms with Crippen molar-refractivity contribution in [1.29, 1.82) is 0 Å². The Balaban J connectivity index is 1.58. The summed E-state index contributed by atoms with van der Waals surface area (Å²) in [6.45, 7) is 0. The van der Waals surface area contributed by atoms with Crippen molar-refractivity contribution in [3.05, 3.63) is 83.8 Å². The van der Waals surface area contributed by atoms with Crippen molar-refractivity contribution in [2.24, 2.45) is 10.8 Å². The minimum absolute atomic E-state index is 0.0283. The van der Waals surface area contributed by atoms with E-state index in [-0.39, 0.29) is 17.1 Å². The SMILES string of the molecule is NC(=O)c1ccc(NC(=O)C(=O)N/N=C/c2ccccc2OC(=O)c2ccco2)cc1. The van der Waals surface area contributed by atoms with E-state index in [0.29, 0.717) is 11.3 Å². The minimum atomic E-state index is -1.03. The number of primary amides is 1. The van der Waals surface area contributed by atoms with E-state index in [1.54, 1.807) is 24.3 Å². The normalized spacial score (nSPS) is 10.5. The molecule has 156 valence electrons. The highest BCUT2D eigenvalue weighted by molar-refractivity contribution is 6.39. The number of carbonyl (C=O) groups excluding carboxylic acids is 4. The molecule has 1 heterocycles. The summed E-state index contributed by atoms with van der Waals surface area (Å²) in [4.78, 5) is 46.9. The molecule has 0 fully saturated rings. The number of esters is 1. The van der Waals surface area contributed by atoms with Crippen LogP contribution in [0.25, 0.3) is 0 Å². The monoisotopic (exact) mass is 420 g/mol. The maximum atomic E-state index is 12.0. The first-order valence-electron chi connectivity index (χ1n) is 8.83. The van der Waals surface area contributed by atoms with Crippen LogP contribution in [-0.4, -0.2) is 29.9 Å². The number of benzene rings is 2. The second-order valence-electron chi connectivity index (χ2n) is 6.00. The first kappa shape index (κ1) is 21.0. The van der Waals surface area contributed by atoms with Gasteiger partial charge in [0.2, 0.25) is 11.7 Å². The number of hydrogen-bond donors (Lipinski definition) is 3. The van der Waals surface area contributed by atoms with Crippen LogP contribution >= 0.6 is 0 Å². The molecule has 2 aromatic carbocycles. The van der Waals surface area contributed by atoms with Gasteiger partial charge in [-0.15, -0.1) is 0 Å². The standard InChI is InChI=1S/C21H16N4O6/c22-18(26)13-7-9-15(10-8-13)24-19(27)20(28)25-23-12-14-4-1-2-5-16(14)31-21(29)17-6-3-11-30-17/h1-12H,(H2,22,26)(H,24,27)(H,25,28)/b23-12+. The van der Waals surface area contributed by atoms with Crippen LogP contribution in [0.5, 0.6) is 5.75 Å². The Morgan fingerprint density at radius 1 is 0.935 bits per heavy atom. The fourth-order valence-corrected chi connectivity index (χ4v) is 2.34. The molecule has 4 N–H and O–H groups in total. The average Bonchev–Trinajstić information content (AvgIpc) is 3.30. The molecule has 31 heavy (non-hydrogen) atoms. The van der Waals surface area contributed by atoms with Crippen LogP contribution in [-0.2, 0) is 9.59 Å². The van der Waals surface area contributed by atoms with E-state index in [4.69, 9.17) is 14.9 Å². The second kappa shape index (κ2) is 9.65. The lowest BCUT2D eigenvalue weighted by molar-refractivity contribution is -0.136.